The first-order chi connectivity index (χ1) is 16.3. The molecule has 1 aliphatic heterocycles. The van der Waals surface area contributed by atoms with Crippen LogP contribution in [-0.2, 0) is 26.8 Å². The number of ether oxygens (including phenoxy) is 1. The zero-order valence-corrected chi connectivity index (χ0v) is 24.1. The lowest BCUT2D eigenvalue weighted by molar-refractivity contribution is -0.137. The fraction of sp³-hybridized carbons (Fsp3) is 0.481. The second kappa shape index (κ2) is 10.6. The Morgan fingerprint density at radius 3 is 2.46 bits per heavy atom. The van der Waals surface area contributed by atoms with Crippen LogP contribution in [0.2, 0.25) is 28.2 Å². The summed E-state index contributed by atoms with van der Waals surface area (Å²) in [4.78, 5) is 28.2. The van der Waals surface area contributed by atoms with Crippen molar-refractivity contribution in [2.75, 3.05) is 13.7 Å². The van der Waals surface area contributed by atoms with Gasteiger partial charge in [-0.2, -0.15) is 0 Å². The van der Waals surface area contributed by atoms with Crippen LogP contribution in [0.1, 0.15) is 60.8 Å². The Balaban J connectivity index is 2.00. The van der Waals surface area contributed by atoms with Crippen LogP contribution >= 0.6 is 23.2 Å². The molecule has 1 amide bonds. The first-order valence-electron chi connectivity index (χ1n) is 11.9. The number of benzene rings is 2. The molecule has 1 aliphatic rings. The molecule has 0 bridgehead atoms. The molecule has 0 aromatic heterocycles. The van der Waals surface area contributed by atoms with Gasteiger partial charge in [-0.25, -0.2) is 4.79 Å². The van der Waals surface area contributed by atoms with E-state index in [-0.39, 0.29) is 35.4 Å². The Morgan fingerprint density at radius 2 is 1.83 bits per heavy atom. The van der Waals surface area contributed by atoms with Crippen molar-refractivity contribution in [1.29, 1.82) is 0 Å². The summed E-state index contributed by atoms with van der Waals surface area (Å²) in [6.07, 6.45) is 0.640. The third-order valence-electron chi connectivity index (χ3n) is 7.40. The summed E-state index contributed by atoms with van der Waals surface area (Å²) in [6.45, 7) is 13.4. The molecule has 2 aromatic rings. The zero-order chi connectivity index (χ0) is 26.1. The maximum Gasteiger partial charge on any atom is 0.338 e. The number of hydrogen-bond acceptors (Lipinski definition) is 4. The minimum absolute atomic E-state index is 0.0333. The number of halogens is 2. The van der Waals surface area contributed by atoms with Gasteiger partial charge in [-0.1, -0.05) is 56.1 Å². The lowest BCUT2D eigenvalue weighted by Gasteiger charge is -2.44. The molecule has 8 heteroatoms. The second-order valence-corrected chi connectivity index (χ2v) is 16.3. The van der Waals surface area contributed by atoms with E-state index in [2.05, 4.69) is 33.9 Å². The molecule has 2 atom stereocenters. The minimum Gasteiger partial charge on any atom is -0.465 e. The first-order valence-corrected chi connectivity index (χ1v) is 15.5. The van der Waals surface area contributed by atoms with Crippen LogP contribution in [0.15, 0.2) is 36.4 Å². The SMILES string of the molecule is COC(=O)c1cccc2c1C[C@H](CO[Si](C)(C)C(C)(C)C)N(C(=O)Cc1cc(Cl)ccc1Cl)[C@H]2C. The van der Waals surface area contributed by atoms with Gasteiger partial charge in [-0.3, -0.25) is 4.79 Å². The monoisotopic (exact) mass is 535 g/mol. The number of carbonyl (C=O) groups excluding carboxylic acids is 2. The molecule has 2 aromatic carbocycles. The third-order valence-corrected chi connectivity index (χ3v) is 12.5. The number of hydrogen-bond donors (Lipinski definition) is 0. The number of amides is 1. The van der Waals surface area contributed by atoms with Crippen LogP contribution in [-0.4, -0.2) is 44.9 Å². The summed E-state index contributed by atoms with van der Waals surface area (Å²) in [5.74, 6) is -0.428. The lowest BCUT2D eigenvalue weighted by atomic mass is 9.85. The predicted molar refractivity (Wildman–Crippen MR) is 144 cm³/mol. The highest BCUT2D eigenvalue weighted by Crippen LogP contribution is 2.39. The summed E-state index contributed by atoms with van der Waals surface area (Å²) in [5.41, 5.74) is 3.09. The lowest BCUT2D eigenvalue weighted by Crippen LogP contribution is -2.52. The molecule has 0 saturated carbocycles. The van der Waals surface area contributed by atoms with E-state index in [4.69, 9.17) is 32.4 Å². The van der Waals surface area contributed by atoms with Crippen LogP contribution in [0.5, 0.6) is 0 Å². The largest absolute Gasteiger partial charge is 0.465 e. The number of rotatable bonds is 6. The molecule has 0 N–H and O–H groups in total. The van der Waals surface area contributed by atoms with Crippen molar-refractivity contribution in [1.82, 2.24) is 4.90 Å². The van der Waals surface area contributed by atoms with E-state index >= 15 is 0 Å². The van der Waals surface area contributed by atoms with Crippen molar-refractivity contribution in [3.63, 3.8) is 0 Å². The fourth-order valence-corrected chi connectivity index (χ4v) is 5.76. The average Bonchev–Trinajstić information content (AvgIpc) is 2.78. The van der Waals surface area contributed by atoms with Crippen molar-refractivity contribution < 1.29 is 18.8 Å². The van der Waals surface area contributed by atoms with Gasteiger partial charge in [-0.15, -0.1) is 0 Å². The minimum atomic E-state index is -2.07. The number of methoxy groups -OCH3 is 1. The van der Waals surface area contributed by atoms with Crippen LogP contribution < -0.4 is 0 Å². The van der Waals surface area contributed by atoms with Crippen LogP contribution in [0.4, 0.5) is 0 Å². The highest BCUT2D eigenvalue weighted by molar-refractivity contribution is 6.74. The van der Waals surface area contributed by atoms with E-state index < -0.39 is 8.32 Å². The Hall–Kier alpha value is -1.86. The molecular weight excluding hydrogens is 501 g/mol. The molecule has 3 rings (SSSR count). The van der Waals surface area contributed by atoms with Gasteiger partial charge in [0.15, 0.2) is 8.32 Å². The molecule has 35 heavy (non-hydrogen) atoms. The van der Waals surface area contributed by atoms with Gasteiger partial charge in [0.25, 0.3) is 0 Å². The van der Waals surface area contributed by atoms with Gasteiger partial charge in [0.05, 0.1) is 37.8 Å². The Kier molecular flexibility index (Phi) is 8.42. The van der Waals surface area contributed by atoms with Crippen LogP contribution in [0.3, 0.4) is 0 Å². The van der Waals surface area contributed by atoms with E-state index in [1.807, 2.05) is 24.0 Å². The Bertz CT molecular complexity index is 1110. The third kappa shape index (κ3) is 5.93. The fourth-order valence-electron chi connectivity index (χ4n) is 4.34. The standard InChI is InChI=1S/C27H35Cl2NO4Si/c1-17-21-9-8-10-22(26(32)33-5)23(21)15-20(16-34-35(6,7)27(2,3)4)30(17)25(31)14-18-13-19(28)11-12-24(18)29/h8-13,17,20H,14-16H2,1-7H3/t17-,20+/m0/s1. The molecule has 0 spiro atoms. The van der Waals surface area contributed by atoms with Crippen LogP contribution in [0, 0.1) is 0 Å². The Labute approximate surface area is 219 Å². The van der Waals surface area contributed by atoms with Gasteiger partial charge in [0, 0.05) is 10.0 Å². The molecule has 0 saturated heterocycles. The maximum absolute atomic E-state index is 13.7. The molecule has 1 heterocycles. The average molecular weight is 537 g/mol. The predicted octanol–water partition coefficient (Wildman–Crippen LogP) is 6.86. The topological polar surface area (TPSA) is 55.8 Å². The van der Waals surface area contributed by atoms with E-state index in [1.54, 1.807) is 24.3 Å². The summed E-state index contributed by atoms with van der Waals surface area (Å²) < 4.78 is 11.6. The maximum atomic E-state index is 13.7. The number of nitrogens with zero attached hydrogens (tertiary/aromatic N) is 1. The molecule has 0 aliphatic carbocycles. The first kappa shape index (κ1) is 27.7. The second-order valence-electron chi connectivity index (χ2n) is 10.7. The molecule has 0 unspecified atom stereocenters. The normalized spacial score (nSPS) is 18.3. The number of fused-ring (bicyclic) bond motifs is 1. The molecular formula is C27H35Cl2NO4Si. The zero-order valence-electron chi connectivity index (χ0n) is 21.6. The molecule has 0 radical (unpaired) electrons. The van der Waals surface area contributed by atoms with Crippen LogP contribution in [0.25, 0.3) is 0 Å². The molecule has 5 nitrogen and oxygen atoms in total. The van der Waals surface area contributed by atoms with Crippen molar-refractivity contribution in [2.24, 2.45) is 0 Å². The smallest absolute Gasteiger partial charge is 0.338 e. The molecule has 190 valence electrons. The van der Waals surface area contributed by atoms with E-state index in [9.17, 15) is 9.59 Å². The molecule has 0 fully saturated rings. The van der Waals surface area contributed by atoms with Crippen molar-refractivity contribution in [2.45, 2.75) is 70.8 Å². The number of carbonyl (C=O) groups is 2. The summed E-state index contributed by atoms with van der Waals surface area (Å²) in [5, 5.41) is 1.08. The van der Waals surface area contributed by atoms with Gasteiger partial charge < -0.3 is 14.1 Å². The highest BCUT2D eigenvalue weighted by atomic mass is 35.5. The van der Waals surface area contributed by atoms with Crippen molar-refractivity contribution in [3.05, 3.63) is 68.7 Å². The highest BCUT2D eigenvalue weighted by Gasteiger charge is 2.41. The Morgan fingerprint density at radius 1 is 1.14 bits per heavy atom. The van der Waals surface area contributed by atoms with E-state index in [1.165, 1.54) is 7.11 Å². The van der Waals surface area contributed by atoms with E-state index in [0.717, 1.165) is 11.1 Å². The van der Waals surface area contributed by atoms with Gasteiger partial charge in [0.1, 0.15) is 0 Å². The number of esters is 1. The summed E-state index contributed by atoms with van der Waals surface area (Å²) >= 11 is 12.5. The van der Waals surface area contributed by atoms with Gasteiger partial charge >= 0.3 is 5.97 Å². The quantitative estimate of drug-likeness (QED) is 0.299. The summed E-state index contributed by atoms with van der Waals surface area (Å²) in [7, 11) is -0.682. The van der Waals surface area contributed by atoms with Crippen molar-refractivity contribution >= 4 is 43.4 Å². The van der Waals surface area contributed by atoms with Gasteiger partial charge in [0.2, 0.25) is 5.91 Å². The van der Waals surface area contributed by atoms with Crippen molar-refractivity contribution in [3.8, 4) is 0 Å². The van der Waals surface area contributed by atoms with Gasteiger partial charge in [-0.05, 0) is 72.4 Å². The summed E-state index contributed by atoms with van der Waals surface area (Å²) in [6, 6.07) is 10.3. The van der Waals surface area contributed by atoms with E-state index in [0.29, 0.717) is 34.2 Å².